The molecule has 35 heavy (non-hydrogen) atoms. The molecular formula is C23H24Cl2N6O3S. The Morgan fingerprint density at radius 2 is 1.57 bits per heavy atom. The van der Waals surface area contributed by atoms with E-state index in [0.717, 1.165) is 11.1 Å². The van der Waals surface area contributed by atoms with Crippen molar-refractivity contribution in [3.8, 4) is 11.3 Å². The molecule has 1 saturated heterocycles. The van der Waals surface area contributed by atoms with Gasteiger partial charge < -0.3 is 16.4 Å². The van der Waals surface area contributed by atoms with Gasteiger partial charge in [-0.2, -0.15) is 9.29 Å². The molecule has 0 atom stereocenters. The molecule has 0 unspecified atom stereocenters. The summed E-state index contributed by atoms with van der Waals surface area (Å²) in [5.74, 6) is 0.173. The van der Waals surface area contributed by atoms with Gasteiger partial charge in [-0.1, -0.05) is 35.9 Å². The van der Waals surface area contributed by atoms with Crippen LogP contribution in [0.25, 0.3) is 17.3 Å². The van der Waals surface area contributed by atoms with Gasteiger partial charge in [0.15, 0.2) is 0 Å². The van der Waals surface area contributed by atoms with Crippen LogP contribution in [0.5, 0.6) is 0 Å². The van der Waals surface area contributed by atoms with Gasteiger partial charge in [0, 0.05) is 53.8 Å². The first kappa shape index (κ1) is 26.4. The average Bonchev–Trinajstić information content (AvgIpc) is 2.83. The van der Waals surface area contributed by atoms with E-state index in [1.54, 1.807) is 59.5 Å². The quantitative estimate of drug-likeness (QED) is 0.512. The van der Waals surface area contributed by atoms with E-state index in [0.29, 0.717) is 29.4 Å². The molecule has 1 aromatic heterocycles. The lowest BCUT2D eigenvalue weighted by Crippen LogP contribution is -2.50. The number of halogens is 2. The van der Waals surface area contributed by atoms with Crippen molar-refractivity contribution in [3.63, 3.8) is 0 Å². The van der Waals surface area contributed by atoms with E-state index in [2.05, 4.69) is 9.97 Å². The second-order valence-electron chi connectivity index (χ2n) is 7.70. The molecule has 4 N–H and O–H groups in total. The fourth-order valence-corrected chi connectivity index (χ4v) is 4.87. The Hall–Kier alpha value is -3.18. The highest BCUT2D eigenvalue weighted by molar-refractivity contribution is 7.92. The van der Waals surface area contributed by atoms with Crippen molar-refractivity contribution in [1.82, 2.24) is 19.2 Å². The van der Waals surface area contributed by atoms with Crippen LogP contribution in [-0.2, 0) is 10.0 Å². The Morgan fingerprint density at radius 3 is 2.17 bits per heavy atom. The van der Waals surface area contributed by atoms with E-state index < -0.39 is 10.0 Å². The van der Waals surface area contributed by atoms with Crippen LogP contribution in [0, 0.1) is 0 Å². The van der Waals surface area contributed by atoms with Crippen LogP contribution in [0.3, 0.4) is 0 Å². The zero-order valence-corrected chi connectivity index (χ0v) is 20.9. The molecule has 1 amide bonds. The Labute approximate surface area is 214 Å². The van der Waals surface area contributed by atoms with Gasteiger partial charge in [0.2, 0.25) is 16.0 Å². The number of nitrogens with two attached hydrogens (primary N) is 2. The van der Waals surface area contributed by atoms with Crippen LogP contribution >= 0.6 is 24.0 Å². The van der Waals surface area contributed by atoms with E-state index in [1.807, 2.05) is 0 Å². The molecule has 184 valence electrons. The van der Waals surface area contributed by atoms with E-state index in [-0.39, 0.29) is 43.2 Å². The third-order valence-electron chi connectivity index (χ3n) is 5.38. The Morgan fingerprint density at radius 1 is 0.943 bits per heavy atom. The minimum Gasteiger partial charge on any atom is -0.384 e. The van der Waals surface area contributed by atoms with E-state index >= 15 is 0 Å². The number of benzene rings is 2. The first-order valence-electron chi connectivity index (χ1n) is 10.4. The highest BCUT2D eigenvalue weighted by Crippen LogP contribution is 2.21. The van der Waals surface area contributed by atoms with Crippen molar-refractivity contribution in [1.29, 1.82) is 0 Å². The molecule has 0 spiro atoms. The van der Waals surface area contributed by atoms with Crippen molar-refractivity contribution >= 4 is 57.8 Å². The van der Waals surface area contributed by atoms with Crippen LogP contribution in [0.1, 0.15) is 15.9 Å². The SMILES string of the molecule is Cl.Nc1cc(-c2ccc(C(=O)N3CCN(S(=O)(=O)C=Cc4ccc(Cl)cc4)CC3)cc2)nc(N)n1. The Bertz CT molecular complexity index is 1300. The average molecular weight is 535 g/mol. The third kappa shape index (κ3) is 6.49. The summed E-state index contributed by atoms with van der Waals surface area (Å²) in [6, 6.07) is 15.4. The number of carbonyl (C=O) groups is 1. The summed E-state index contributed by atoms with van der Waals surface area (Å²) in [4.78, 5) is 22.6. The normalized spacial score (nSPS) is 14.6. The maximum absolute atomic E-state index is 12.9. The van der Waals surface area contributed by atoms with Gasteiger partial charge in [-0.05, 0) is 35.9 Å². The number of nitrogen functional groups attached to an aromatic ring is 2. The predicted octanol–water partition coefficient (Wildman–Crippen LogP) is 3.14. The monoisotopic (exact) mass is 534 g/mol. The smallest absolute Gasteiger partial charge is 0.253 e. The molecule has 4 rings (SSSR count). The van der Waals surface area contributed by atoms with Crippen LogP contribution in [0.15, 0.2) is 60.0 Å². The molecule has 1 aliphatic heterocycles. The summed E-state index contributed by atoms with van der Waals surface area (Å²) in [7, 11) is -3.60. The number of sulfonamides is 1. The molecule has 2 aromatic carbocycles. The summed E-state index contributed by atoms with van der Waals surface area (Å²) in [5, 5.41) is 1.76. The van der Waals surface area contributed by atoms with Gasteiger partial charge in [-0.25, -0.2) is 13.4 Å². The topological polar surface area (TPSA) is 136 Å². The molecule has 1 fully saturated rings. The molecule has 2 heterocycles. The number of carbonyl (C=O) groups excluding carboxylic acids is 1. The van der Waals surface area contributed by atoms with Crippen molar-refractivity contribution in [3.05, 3.63) is 76.2 Å². The van der Waals surface area contributed by atoms with Gasteiger partial charge in [-0.15, -0.1) is 12.4 Å². The van der Waals surface area contributed by atoms with Crippen molar-refractivity contribution in [2.45, 2.75) is 0 Å². The second kappa shape index (κ2) is 11.0. The van der Waals surface area contributed by atoms with Crippen LogP contribution in [-0.4, -0.2) is 59.7 Å². The lowest BCUT2D eigenvalue weighted by molar-refractivity contribution is 0.0698. The standard InChI is InChI=1S/C23H23ClN6O3S.ClH/c24-19-7-1-16(2-8-19)9-14-34(32,33)30-12-10-29(11-13-30)22(31)18-5-3-17(4-6-18)20-15-21(25)28-23(26)27-20;/h1-9,14-15H,10-13H2,(H4,25,26,27,28);1H. The minimum atomic E-state index is -3.60. The second-order valence-corrected chi connectivity index (χ2v) is 9.96. The first-order valence-corrected chi connectivity index (χ1v) is 12.3. The van der Waals surface area contributed by atoms with E-state index in [1.165, 1.54) is 15.8 Å². The van der Waals surface area contributed by atoms with Crippen molar-refractivity contribution in [2.75, 3.05) is 37.6 Å². The lowest BCUT2D eigenvalue weighted by Gasteiger charge is -2.33. The number of nitrogens with zero attached hydrogens (tertiary/aromatic N) is 4. The van der Waals surface area contributed by atoms with Gasteiger partial charge in [0.25, 0.3) is 5.91 Å². The molecule has 9 nitrogen and oxygen atoms in total. The summed E-state index contributed by atoms with van der Waals surface area (Å²) >= 11 is 5.86. The molecule has 0 radical (unpaired) electrons. The summed E-state index contributed by atoms with van der Waals surface area (Å²) in [5.41, 5.74) is 13.9. The number of hydrogen-bond donors (Lipinski definition) is 2. The van der Waals surface area contributed by atoms with E-state index in [9.17, 15) is 13.2 Å². The molecule has 1 aliphatic rings. The molecule has 0 aliphatic carbocycles. The number of anilines is 2. The Balaban J connectivity index is 0.00000342. The number of rotatable bonds is 5. The molecule has 3 aromatic rings. The Kier molecular flexibility index (Phi) is 8.34. The molecule has 0 saturated carbocycles. The fourth-order valence-electron chi connectivity index (χ4n) is 3.57. The number of hydrogen-bond acceptors (Lipinski definition) is 7. The van der Waals surface area contributed by atoms with Gasteiger partial charge in [0.05, 0.1) is 5.69 Å². The zero-order valence-electron chi connectivity index (χ0n) is 18.5. The van der Waals surface area contributed by atoms with Crippen molar-refractivity contribution < 1.29 is 13.2 Å². The van der Waals surface area contributed by atoms with E-state index in [4.69, 9.17) is 23.1 Å². The lowest BCUT2D eigenvalue weighted by atomic mass is 10.1. The maximum atomic E-state index is 12.9. The van der Waals surface area contributed by atoms with Gasteiger partial charge in [-0.3, -0.25) is 4.79 Å². The molecular weight excluding hydrogens is 511 g/mol. The highest BCUT2D eigenvalue weighted by Gasteiger charge is 2.27. The first-order chi connectivity index (χ1) is 16.2. The number of aromatic nitrogens is 2. The van der Waals surface area contributed by atoms with Crippen molar-refractivity contribution in [2.24, 2.45) is 0 Å². The summed E-state index contributed by atoms with van der Waals surface area (Å²) in [6.45, 7) is 1.04. The minimum absolute atomic E-state index is 0. The number of amides is 1. The third-order valence-corrected chi connectivity index (χ3v) is 7.20. The number of piperazine rings is 1. The largest absolute Gasteiger partial charge is 0.384 e. The molecule has 12 heteroatoms. The summed E-state index contributed by atoms with van der Waals surface area (Å²) in [6.07, 6.45) is 1.53. The maximum Gasteiger partial charge on any atom is 0.253 e. The fraction of sp³-hybridized carbons (Fsp3) is 0.174. The van der Waals surface area contributed by atoms with Crippen LogP contribution in [0.2, 0.25) is 5.02 Å². The molecule has 0 bridgehead atoms. The van der Waals surface area contributed by atoms with Crippen LogP contribution in [0.4, 0.5) is 11.8 Å². The van der Waals surface area contributed by atoms with Crippen LogP contribution < -0.4 is 11.5 Å². The predicted molar refractivity (Wildman–Crippen MR) is 140 cm³/mol. The zero-order chi connectivity index (χ0) is 24.3. The highest BCUT2D eigenvalue weighted by atomic mass is 35.5. The van der Waals surface area contributed by atoms with Gasteiger partial charge in [0.1, 0.15) is 5.82 Å². The van der Waals surface area contributed by atoms with Gasteiger partial charge >= 0.3 is 0 Å². The summed E-state index contributed by atoms with van der Waals surface area (Å²) < 4.78 is 26.7.